The van der Waals surface area contributed by atoms with Crippen LogP contribution in [0.3, 0.4) is 0 Å². The normalized spacial score (nSPS) is 14.9. The van der Waals surface area contributed by atoms with Crippen molar-refractivity contribution in [2.45, 2.75) is 31.8 Å². The van der Waals surface area contributed by atoms with Crippen LogP contribution in [0.5, 0.6) is 0 Å². The van der Waals surface area contributed by atoms with Crippen molar-refractivity contribution in [1.82, 2.24) is 9.78 Å². The minimum absolute atomic E-state index is 0.248. The molecular weight excluding hydrogens is 272 g/mol. The maximum absolute atomic E-state index is 10.6. The molecule has 19 heavy (non-hydrogen) atoms. The van der Waals surface area contributed by atoms with Crippen molar-refractivity contribution in [1.29, 1.82) is 0 Å². The quantitative estimate of drug-likeness (QED) is 0.734. The van der Waals surface area contributed by atoms with E-state index in [-0.39, 0.29) is 6.42 Å². The number of hydrogen-bond donors (Lipinski definition) is 1. The van der Waals surface area contributed by atoms with Gasteiger partial charge >= 0.3 is 0 Å². The number of aromatic nitrogens is 2. The van der Waals surface area contributed by atoms with Crippen LogP contribution in [0, 0.1) is 0 Å². The molecule has 0 bridgehead atoms. The van der Waals surface area contributed by atoms with Crippen LogP contribution in [-0.4, -0.2) is 49.1 Å². The third-order valence-corrected chi connectivity index (χ3v) is 3.18. The Morgan fingerprint density at radius 3 is 2.58 bits per heavy atom. The SMILES string of the molecule is COCCn1ncc(Cl)c1C(C)(O)CC(OC)OC. The van der Waals surface area contributed by atoms with E-state index >= 15 is 0 Å². The minimum Gasteiger partial charge on any atom is -0.384 e. The van der Waals surface area contributed by atoms with Crippen LogP contribution < -0.4 is 0 Å². The van der Waals surface area contributed by atoms with Gasteiger partial charge in [0.15, 0.2) is 6.29 Å². The molecule has 0 radical (unpaired) electrons. The largest absolute Gasteiger partial charge is 0.384 e. The molecule has 0 aliphatic rings. The molecule has 0 saturated carbocycles. The molecule has 1 unspecified atom stereocenters. The highest BCUT2D eigenvalue weighted by Gasteiger charge is 2.33. The number of aliphatic hydroxyl groups is 1. The standard InChI is InChI=1S/C12H21ClN2O4/c1-12(16,7-10(18-3)19-4)11-9(13)8-14-15(11)5-6-17-2/h8,10,16H,5-7H2,1-4H3. The molecule has 6 nitrogen and oxygen atoms in total. The average Bonchev–Trinajstić information content (AvgIpc) is 2.75. The highest BCUT2D eigenvalue weighted by molar-refractivity contribution is 6.31. The molecule has 0 aromatic carbocycles. The smallest absolute Gasteiger partial charge is 0.159 e. The lowest BCUT2D eigenvalue weighted by Gasteiger charge is -2.28. The first-order chi connectivity index (χ1) is 8.96. The summed E-state index contributed by atoms with van der Waals surface area (Å²) in [5.41, 5.74) is -0.678. The van der Waals surface area contributed by atoms with Gasteiger partial charge in [-0.05, 0) is 6.92 Å². The summed E-state index contributed by atoms with van der Waals surface area (Å²) in [5.74, 6) is 0. The maximum Gasteiger partial charge on any atom is 0.159 e. The summed E-state index contributed by atoms with van der Waals surface area (Å²) in [4.78, 5) is 0. The van der Waals surface area contributed by atoms with Gasteiger partial charge in [0, 0.05) is 27.8 Å². The van der Waals surface area contributed by atoms with Gasteiger partial charge in [0.1, 0.15) is 5.60 Å². The predicted octanol–water partition coefficient (Wildman–Crippen LogP) is 1.40. The van der Waals surface area contributed by atoms with Crippen molar-refractivity contribution < 1.29 is 19.3 Å². The van der Waals surface area contributed by atoms with E-state index in [2.05, 4.69) is 5.10 Å². The van der Waals surface area contributed by atoms with Crippen LogP contribution in [0.4, 0.5) is 0 Å². The summed E-state index contributed by atoms with van der Waals surface area (Å²) in [6, 6.07) is 0. The summed E-state index contributed by atoms with van der Waals surface area (Å²) in [6.07, 6.45) is 1.24. The summed E-state index contributed by atoms with van der Waals surface area (Å²) in [7, 11) is 4.65. The van der Waals surface area contributed by atoms with E-state index in [1.54, 1.807) is 18.7 Å². The zero-order chi connectivity index (χ0) is 14.5. The lowest BCUT2D eigenvalue weighted by Crippen LogP contribution is -2.32. The zero-order valence-corrected chi connectivity index (χ0v) is 12.5. The fraction of sp³-hybridized carbons (Fsp3) is 0.750. The van der Waals surface area contributed by atoms with Gasteiger partial charge in [0.2, 0.25) is 0 Å². The summed E-state index contributed by atoms with van der Waals surface area (Å²) in [5, 5.41) is 15.2. The zero-order valence-electron chi connectivity index (χ0n) is 11.7. The average molecular weight is 293 g/mol. The molecule has 1 aromatic rings. The third kappa shape index (κ3) is 4.15. The topological polar surface area (TPSA) is 65.7 Å². The first-order valence-corrected chi connectivity index (χ1v) is 6.32. The molecule has 1 atom stereocenters. The Morgan fingerprint density at radius 2 is 2.05 bits per heavy atom. The van der Waals surface area contributed by atoms with Gasteiger partial charge in [0.05, 0.1) is 30.1 Å². The number of hydrogen-bond acceptors (Lipinski definition) is 5. The van der Waals surface area contributed by atoms with E-state index < -0.39 is 11.9 Å². The summed E-state index contributed by atoms with van der Waals surface area (Å²) in [6.45, 7) is 2.66. The minimum atomic E-state index is -1.21. The second kappa shape index (κ2) is 7.21. The molecule has 0 saturated heterocycles. The summed E-state index contributed by atoms with van der Waals surface area (Å²) < 4.78 is 16.9. The Balaban J connectivity index is 2.95. The Morgan fingerprint density at radius 1 is 1.42 bits per heavy atom. The van der Waals surface area contributed by atoms with Crippen LogP contribution in [0.1, 0.15) is 19.0 Å². The van der Waals surface area contributed by atoms with Crippen LogP contribution in [-0.2, 0) is 26.4 Å². The first-order valence-electron chi connectivity index (χ1n) is 5.95. The third-order valence-electron chi connectivity index (χ3n) is 2.90. The van der Waals surface area contributed by atoms with Gasteiger partial charge in [-0.1, -0.05) is 11.6 Å². The second-order valence-electron chi connectivity index (χ2n) is 4.44. The van der Waals surface area contributed by atoms with Crippen molar-refractivity contribution in [3.63, 3.8) is 0 Å². The molecule has 0 aliphatic carbocycles. The molecule has 0 amide bonds. The monoisotopic (exact) mass is 292 g/mol. The van der Waals surface area contributed by atoms with Crippen LogP contribution >= 0.6 is 11.6 Å². The molecule has 1 rings (SSSR count). The van der Waals surface area contributed by atoms with Gasteiger partial charge in [-0.15, -0.1) is 0 Å². The second-order valence-corrected chi connectivity index (χ2v) is 4.84. The molecule has 7 heteroatoms. The van der Waals surface area contributed by atoms with Gasteiger partial charge in [-0.3, -0.25) is 4.68 Å². The first kappa shape index (κ1) is 16.4. The molecule has 1 heterocycles. The lowest BCUT2D eigenvalue weighted by atomic mass is 9.97. The Labute approximate surface area is 118 Å². The Hall–Kier alpha value is -0.660. The molecular formula is C12H21ClN2O4. The van der Waals surface area contributed by atoms with Gasteiger partial charge in [0.25, 0.3) is 0 Å². The number of methoxy groups -OCH3 is 3. The van der Waals surface area contributed by atoms with Crippen molar-refractivity contribution in [2.75, 3.05) is 27.9 Å². The van der Waals surface area contributed by atoms with Crippen molar-refractivity contribution in [3.8, 4) is 0 Å². The number of nitrogens with zero attached hydrogens (tertiary/aromatic N) is 2. The Bertz CT molecular complexity index is 391. The molecule has 1 aromatic heterocycles. The highest BCUT2D eigenvalue weighted by atomic mass is 35.5. The molecule has 0 spiro atoms. The number of ether oxygens (including phenoxy) is 3. The van der Waals surface area contributed by atoms with E-state index in [9.17, 15) is 5.11 Å². The fourth-order valence-corrected chi connectivity index (χ4v) is 2.27. The fourth-order valence-electron chi connectivity index (χ4n) is 1.93. The van der Waals surface area contributed by atoms with E-state index in [0.717, 1.165) is 0 Å². The van der Waals surface area contributed by atoms with E-state index in [4.69, 9.17) is 25.8 Å². The number of halogens is 1. The van der Waals surface area contributed by atoms with Gasteiger partial charge in [-0.2, -0.15) is 5.10 Å². The van der Waals surface area contributed by atoms with Gasteiger partial charge < -0.3 is 19.3 Å². The van der Waals surface area contributed by atoms with Crippen LogP contribution in [0.2, 0.25) is 5.02 Å². The van der Waals surface area contributed by atoms with E-state index in [1.165, 1.54) is 20.4 Å². The Kier molecular flexibility index (Phi) is 6.22. The highest BCUT2D eigenvalue weighted by Crippen LogP contribution is 2.32. The number of rotatable bonds is 8. The predicted molar refractivity (Wildman–Crippen MR) is 71.1 cm³/mol. The molecule has 1 N–H and O–H groups in total. The van der Waals surface area contributed by atoms with Crippen molar-refractivity contribution >= 4 is 11.6 Å². The van der Waals surface area contributed by atoms with Gasteiger partial charge in [-0.25, -0.2) is 0 Å². The summed E-state index contributed by atoms with van der Waals surface area (Å²) >= 11 is 6.11. The van der Waals surface area contributed by atoms with Crippen molar-refractivity contribution in [2.24, 2.45) is 0 Å². The van der Waals surface area contributed by atoms with E-state index in [1.807, 2.05) is 0 Å². The maximum atomic E-state index is 10.6. The molecule has 110 valence electrons. The van der Waals surface area contributed by atoms with Crippen LogP contribution in [0.15, 0.2) is 6.20 Å². The van der Waals surface area contributed by atoms with Crippen LogP contribution in [0.25, 0.3) is 0 Å². The molecule has 0 aliphatic heterocycles. The molecule has 0 fully saturated rings. The van der Waals surface area contributed by atoms with Crippen molar-refractivity contribution in [3.05, 3.63) is 16.9 Å². The van der Waals surface area contributed by atoms with E-state index in [0.29, 0.717) is 23.9 Å². The lowest BCUT2D eigenvalue weighted by molar-refractivity contribution is -0.143.